The van der Waals surface area contributed by atoms with Crippen LogP contribution in [0.25, 0.3) is 0 Å². The van der Waals surface area contributed by atoms with Crippen LogP contribution >= 0.6 is 0 Å². The van der Waals surface area contributed by atoms with Crippen molar-refractivity contribution in [1.29, 1.82) is 0 Å². The molecule has 21 heavy (non-hydrogen) atoms. The second-order valence-corrected chi connectivity index (χ2v) is 5.03. The normalized spacial score (nSPS) is 10.2. The Morgan fingerprint density at radius 3 is 2.38 bits per heavy atom. The third-order valence-corrected chi connectivity index (χ3v) is 3.27. The van der Waals surface area contributed by atoms with Crippen molar-refractivity contribution < 1.29 is 9.59 Å². The summed E-state index contributed by atoms with van der Waals surface area (Å²) in [7, 11) is 0. The molecule has 0 spiro atoms. The Morgan fingerprint density at radius 2 is 1.76 bits per heavy atom. The molecule has 1 amide bonds. The summed E-state index contributed by atoms with van der Waals surface area (Å²) in [5.41, 5.74) is 9.11. The van der Waals surface area contributed by atoms with Gasteiger partial charge < -0.3 is 11.1 Å². The highest BCUT2D eigenvalue weighted by Gasteiger charge is 2.10. The van der Waals surface area contributed by atoms with Gasteiger partial charge >= 0.3 is 0 Å². The average Bonchev–Trinajstić information content (AvgIpc) is 2.46. The molecule has 108 valence electrons. The van der Waals surface area contributed by atoms with Gasteiger partial charge in [0.1, 0.15) is 0 Å². The molecular weight excluding hydrogens is 264 g/mol. The molecule has 0 bridgehead atoms. The lowest BCUT2D eigenvalue weighted by Crippen LogP contribution is -2.23. The molecule has 2 rings (SSSR count). The Kier molecular flexibility index (Phi) is 4.38. The third kappa shape index (κ3) is 3.69. The van der Waals surface area contributed by atoms with Gasteiger partial charge in [-0.05, 0) is 37.6 Å². The number of hydrogen-bond donors (Lipinski definition) is 2. The molecule has 0 unspecified atom stereocenters. The number of anilines is 1. The second kappa shape index (κ2) is 6.22. The van der Waals surface area contributed by atoms with Gasteiger partial charge in [-0.3, -0.25) is 9.59 Å². The predicted molar refractivity (Wildman–Crippen MR) is 83.2 cm³/mol. The first kappa shape index (κ1) is 14.8. The number of nitrogens with one attached hydrogen (secondary N) is 1. The molecule has 0 aliphatic rings. The van der Waals surface area contributed by atoms with E-state index in [9.17, 15) is 9.59 Å². The van der Waals surface area contributed by atoms with Crippen LogP contribution in [-0.4, -0.2) is 11.7 Å². The van der Waals surface area contributed by atoms with E-state index in [4.69, 9.17) is 5.73 Å². The molecular formula is C17H18N2O2. The van der Waals surface area contributed by atoms with E-state index in [0.29, 0.717) is 23.4 Å². The van der Waals surface area contributed by atoms with Crippen molar-refractivity contribution in [2.45, 2.75) is 20.4 Å². The van der Waals surface area contributed by atoms with Crippen molar-refractivity contribution in [3.8, 4) is 0 Å². The highest BCUT2D eigenvalue weighted by atomic mass is 16.1. The lowest BCUT2D eigenvalue weighted by molar-refractivity contribution is 0.0951. The van der Waals surface area contributed by atoms with E-state index in [1.165, 1.54) is 18.6 Å². The smallest absolute Gasteiger partial charge is 0.251 e. The highest BCUT2D eigenvalue weighted by Crippen LogP contribution is 2.15. The van der Waals surface area contributed by atoms with E-state index in [1.54, 1.807) is 12.1 Å². The summed E-state index contributed by atoms with van der Waals surface area (Å²) >= 11 is 0. The van der Waals surface area contributed by atoms with Crippen molar-refractivity contribution in [2.75, 3.05) is 5.73 Å². The number of carbonyl (C=O) groups excluding carboxylic acids is 2. The first-order chi connectivity index (χ1) is 9.97. The monoisotopic (exact) mass is 282 g/mol. The molecule has 0 aliphatic carbocycles. The summed E-state index contributed by atoms with van der Waals surface area (Å²) in [6, 6.07) is 12.7. The van der Waals surface area contributed by atoms with Crippen LogP contribution in [0.1, 0.15) is 38.8 Å². The molecule has 0 aliphatic heterocycles. The first-order valence-corrected chi connectivity index (χ1v) is 6.71. The minimum Gasteiger partial charge on any atom is -0.398 e. The van der Waals surface area contributed by atoms with Crippen LogP contribution in [0, 0.1) is 6.92 Å². The van der Waals surface area contributed by atoms with E-state index in [0.717, 1.165) is 5.56 Å². The largest absolute Gasteiger partial charge is 0.398 e. The number of rotatable bonds is 4. The van der Waals surface area contributed by atoms with Crippen molar-refractivity contribution in [1.82, 2.24) is 5.32 Å². The maximum absolute atomic E-state index is 12.1. The van der Waals surface area contributed by atoms with Gasteiger partial charge in [0.25, 0.3) is 5.91 Å². The Hall–Kier alpha value is -2.62. The molecule has 0 fully saturated rings. The molecule has 0 atom stereocenters. The van der Waals surface area contributed by atoms with E-state index >= 15 is 0 Å². The molecule has 0 aromatic heterocycles. The molecule has 0 heterocycles. The SMILES string of the molecule is CC(=O)c1cc(C(=O)NCc2ccc(C)cc2)ccc1N. The molecule has 2 aromatic carbocycles. The van der Waals surface area contributed by atoms with Crippen molar-refractivity contribution in [3.63, 3.8) is 0 Å². The van der Waals surface area contributed by atoms with Gasteiger partial charge in [0.05, 0.1) is 0 Å². The Bertz CT molecular complexity index is 676. The number of Topliss-reactive ketones (excluding diaryl/α,β-unsaturated/α-hetero) is 1. The summed E-state index contributed by atoms with van der Waals surface area (Å²) in [6.45, 7) is 3.89. The molecule has 4 nitrogen and oxygen atoms in total. The predicted octanol–water partition coefficient (Wildman–Crippen LogP) is 2.71. The maximum atomic E-state index is 12.1. The van der Waals surface area contributed by atoms with Crippen molar-refractivity contribution in [3.05, 3.63) is 64.7 Å². The van der Waals surface area contributed by atoms with E-state index in [-0.39, 0.29) is 11.7 Å². The molecule has 4 heteroatoms. The number of hydrogen-bond acceptors (Lipinski definition) is 3. The van der Waals surface area contributed by atoms with Gasteiger partial charge in [-0.1, -0.05) is 29.8 Å². The van der Waals surface area contributed by atoms with Crippen molar-refractivity contribution in [2.24, 2.45) is 0 Å². The minimum absolute atomic E-state index is 0.152. The van der Waals surface area contributed by atoms with Crippen LogP contribution < -0.4 is 11.1 Å². The number of aryl methyl sites for hydroxylation is 1. The topological polar surface area (TPSA) is 72.2 Å². The third-order valence-electron chi connectivity index (χ3n) is 3.27. The summed E-state index contributed by atoms with van der Waals surface area (Å²) in [5, 5.41) is 2.83. The van der Waals surface area contributed by atoms with Crippen LogP contribution in [-0.2, 0) is 6.54 Å². The van der Waals surface area contributed by atoms with Crippen LogP contribution in [0.2, 0.25) is 0 Å². The van der Waals surface area contributed by atoms with Gasteiger partial charge in [0.15, 0.2) is 5.78 Å². The zero-order valence-electron chi connectivity index (χ0n) is 12.1. The Morgan fingerprint density at radius 1 is 1.10 bits per heavy atom. The Balaban J connectivity index is 2.08. The second-order valence-electron chi connectivity index (χ2n) is 5.03. The molecule has 0 radical (unpaired) electrons. The lowest BCUT2D eigenvalue weighted by Gasteiger charge is -2.08. The lowest BCUT2D eigenvalue weighted by atomic mass is 10.1. The average molecular weight is 282 g/mol. The number of nitrogens with two attached hydrogens (primary N) is 1. The van der Waals surface area contributed by atoms with Crippen LogP contribution in [0.4, 0.5) is 5.69 Å². The minimum atomic E-state index is -0.224. The molecule has 3 N–H and O–H groups in total. The maximum Gasteiger partial charge on any atom is 0.251 e. The van der Waals surface area contributed by atoms with Crippen LogP contribution in [0.3, 0.4) is 0 Å². The summed E-state index contributed by atoms with van der Waals surface area (Å²) in [6.07, 6.45) is 0. The van der Waals surface area contributed by atoms with E-state index < -0.39 is 0 Å². The Labute approximate surface area is 124 Å². The van der Waals surface area contributed by atoms with Gasteiger partial charge in [-0.2, -0.15) is 0 Å². The van der Waals surface area contributed by atoms with Gasteiger partial charge in [0.2, 0.25) is 0 Å². The van der Waals surface area contributed by atoms with Crippen LogP contribution in [0.15, 0.2) is 42.5 Å². The molecule has 2 aromatic rings. The fourth-order valence-corrected chi connectivity index (χ4v) is 1.99. The summed E-state index contributed by atoms with van der Waals surface area (Å²) in [4.78, 5) is 23.5. The van der Waals surface area contributed by atoms with E-state index in [1.807, 2.05) is 31.2 Å². The van der Waals surface area contributed by atoms with Crippen molar-refractivity contribution >= 4 is 17.4 Å². The summed E-state index contributed by atoms with van der Waals surface area (Å²) in [5.74, 6) is -0.376. The summed E-state index contributed by atoms with van der Waals surface area (Å²) < 4.78 is 0. The van der Waals surface area contributed by atoms with Crippen LogP contribution in [0.5, 0.6) is 0 Å². The quantitative estimate of drug-likeness (QED) is 0.669. The standard InChI is InChI=1S/C17H18N2O2/c1-11-3-5-13(6-4-11)10-19-17(21)14-7-8-16(18)15(9-14)12(2)20/h3-9H,10,18H2,1-2H3,(H,19,21). The van der Waals surface area contributed by atoms with Gasteiger partial charge in [0, 0.05) is 23.4 Å². The first-order valence-electron chi connectivity index (χ1n) is 6.71. The fraction of sp³-hybridized carbons (Fsp3) is 0.176. The number of carbonyl (C=O) groups is 2. The van der Waals surface area contributed by atoms with Gasteiger partial charge in [-0.25, -0.2) is 0 Å². The molecule has 0 saturated carbocycles. The molecule has 0 saturated heterocycles. The van der Waals surface area contributed by atoms with E-state index in [2.05, 4.69) is 5.32 Å². The van der Waals surface area contributed by atoms with Gasteiger partial charge in [-0.15, -0.1) is 0 Å². The zero-order valence-corrected chi connectivity index (χ0v) is 12.1. The number of benzene rings is 2. The number of amides is 1. The fourth-order valence-electron chi connectivity index (χ4n) is 1.99. The number of nitrogen functional groups attached to an aromatic ring is 1. The number of ketones is 1. The highest BCUT2D eigenvalue weighted by molar-refractivity contribution is 6.03. The zero-order chi connectivity index (χ0) is 15.4.